The van der Waals surface area contributed by atoms with Gasteiger partial charge >= 0.3 is 0 Å². The van der Waals surface area contributed by atoms with Gasteiger partial charge in [-0.3, -0.25) is 0 Å². The van der Waals surface area contributed by atoms with Crippen LogP contribution in [-0.4, -0.2) is 6.04 Å². The molecule has 0 bridgehead atoms. The minimum Gasteiger partial charge on any atom is -0.343 e. The number of hydrogen-bond donors (Lipinski definition) is 0. The normalized spacial score (nSPS) is 16.1. The van der Waals surface area contributed by atoms with E-state index in [2.05, 4.69) is 64.3 Å². The van der Waals surface area contributed by atoms with E-state index < -0.39 is 0 Å². The smallest absolute Gasteiger partial charge is 0.0443 e. The van der Waals surface area contributed by atoms with Crippen molar-refractivity contribution in [2.24, 2.45) is 0 Å². The van der Waals surface area contributed by atoms with E-state index in [4.69, 9.17) is 0 Å². The lowest BCUT2D eigenvalue weighted by Crippen LogP contribution is -2.33. The van der Waals surface area contributed by atoms with Crippen LogP contribution in [-0.2, 0) is 11.8 Å². The number of benzene rings is 1. The number of nitrogens with zero attached hydrogens (tertiary/aromatic N) is 1. The second-order valence-corrected chi connectivity index (χ2v) is 6.62. The average molecular weight is 243 g/mol. The van der Waals surface area contributed by atoms with E-state index in [1.807, 2.05) is 0 Å². The Morgan fingerprint density at radius 2 is 1.83 bits per heavy atom. The van der Waals surface area contributed by atoms with Crippen molar-refractivity contribution in [2.75, 3.05) is 4.90 Å². The van der Waals surface area contributed by atoms with Crippen LogP contribution >= 0.6 is 0 Å². The minimum atomic E-state index is 0.228. The van der Waals surface area contributed by atoms with Gasteiger partial charge in [0.1, 0.15) is 0 Å². The molecule has 0 saturated carbocycles. The standard InChI is InChI=1S/C17H25N/c1-12(2)18-13(3)7-8-14-11-15(17(4,5)6)9-10-16(14)18/h9-12H,3,7-8H2,1-2,4-6H3. The third-order valence-electron chi connectivity index (χ3n) is 3.75. The van der Waals surface area contributed by atoms with E-state index in [1.54, 1.807) is 0 Å². The molecule has 0 fully saturated rings. The van der Waals surface area contributed by atoms with Crippen molar-refractivity contribution in [3.8, 4) is 0 Å². The summed E-state index contributed by atoms with van der Waals surface area (Å²) in [5.74, 6) is 0. The molecule has 0 spiro atoms. The summed E-state index contributed by atoms with van der Waals surface area (Å²) in [6, 6.07) is 7.42. The molecular formula is C17H25N. The molecule has 1 aromatic rings. The molecule has 0 aliphatic carbocycles. The lowest BCUT2D eigenvalue weighted by Gasteiger charge is -2.37. The van der Waals surface area contributed by atoms with Gasteiger partial charge in [-0.25, -0.2) is 0 Å². The molecular weight excluding hydrogens is 218 g/mol. The molecule has 0 radical (unpaired) electrons. The van der Waals surface area contributed by atoms with E-state index in [1.165, 1.54) is 22.5 Å². The summed E-state index contributed by atoms with van der Waals surface area (Å²) >= 11 is 0. The fourth-order valence-electron chi connectivity index (χ4n) is 2.70. The molecule has 1 aliphatic rings. The van der Waals surface area contributed by atoms with Gasteiger partial charge in [0, 0.05) is 17.4 Å². The van der Waals surface area contributed by atoms with Crippen molar-refractivity contribution in [1.82, 2.24) is 0 Å². The lowest BCUT2D eigenvalue weighted by molar-refractivity contribution is 0.588. The van der Waals surface area contributed by atoms with Crippen LogP contribution in [0.1, 0.15) is 52.2 Å². The van der Waals surface area contributed by atoms with Gasteiger partial charge in [0.05, 0.1) is 0 Å². The molecule has 0 N–H and O–H groups in total. The predicted molar refractivity (Wildman–Crippen MR) is 80.2 cm³/mol. The van der Waals surface area contributed by atoms with E-state index >= 15 is 0 Å². The van der Waals surface area contributed by atoms with Crippen LogP contribution in [0.15, 0.2) is 30.5 Å². The van der Waals surface area contributed by atoms with Crippen LogP contribution in [0, 0.1) is 0 Å². The molecule has 0 aromatic heterocycles. The van der Waals surface area contributed by atoms with Crippen molar-refractivity contribution in [3.05, 3.63) is 41.6 Å². The molecule has 2 rings (SSSR count). The Balaban J connectivity index is 2.47. The van der Waals surface area contributed by atoms with Gasteiger partial charge in [-0.05, 0) is 49.3 Å². The monoisotopic (exact) mass is 243 g/mol. The zero-order valence-corrected chi connectivity index (χ0v) is 12.4. The third-order valence-corrected chi connectivity index (χ3v) is 3.75. The highest BCUT2D eigenvalue weighted by atomic mass is 15.2. The van der Waals surface area contributed by atoms with Crippen molar-refractivity contribution < 1.29 is 0 Å². The molecule has 1 aliphatic heterocycles. The number of aryl methyl sites for hydroxylation is 1. The van der Waals surface area contributed by atoms with Gasteiger partial charge in [0.15, 0.2) is 0 Å². The van der Waals surface area contributed by atoms with Gasteiger partial charge in [-0.15, -0.1) is 0 Å². The first-order valence-corrected chi connectivity index (χ1v) is 6.91. The van der Waals surface area contributed by atoms with E-state index in [0.717, 1.165) is 12.8 Å². The topological polar surface area (TPSA) is 3.24 Å². The van der Waals surface area contributed by atoms with E-state index in [0.29, 0.717) is 6.04 Å². The molecule has 1 heteroatoms. The number of fused-ring (bicyclic) bond motifs is 1. The SMILES string of the molecule is C=C1CCc2cc(C(C)(C)C)ccc2N1C(C)C. The third kappa shape index (κ3) is 2.31. The largest absolute Gasteiger partial charge is 0.343 e. The molecule has 18 heavy (non-hydrogen) atoms. The molecule has 1 aromatic carbocycles. The summed E-state index contributed by atoms with van der Waals surface area (Å²) in [4.78, 5) is 2.38. The molecule has 0 atom stereocenters. The number of rotatable bonds is 1. The molecule has 0 saturated heterocycles. The maximum absolute atomic E-state index is 4.21. The highest BCUT2D eigenvalue weighted by Crippen LogP contribution is 2.36. The maximum Gasteiger partial charge on any atom is 0.0443 e. The second-order valence-electron chi connectivity index (χ2n) is 6.62. The summed E-state index contributed by atoms with van der Waals surface area (Å²) in [6.45, 7) is 15.5. The second kappa shape index (κ2) is 4.46. The van der Waals surface area contributed by atoms with Crippen LogP contribution in [0.25, 0.3) is 0 Å². The Morgan fingerprint density at radius 3 is 2.39 bits per heavy atom. The highest BCUT2D eigenvalue weighted by molar-refractivity contribution is 5.62. The summed E-state index contributed by atoms with van der Waals surface area (Å²) in [6.07, 6.45) is 2.21. The van der Waals surface area contributed by atoms with Crippen LogP contribution in [0.4, 0.5) is 5.69 Å². The highest BCUT2D eigenvalue weighted by Gasteiger charge is 2.24. The first kappa shape index (κ1) is 13.2. The summed E-state index contributed by atoms with van der Waals surface area (Å²) in [5, 5.41) is 0. The number of allylic oxidation sites excluding steroid dienone is 1. The zero-order valence-electron chi connectivity index (χ0n) is 12.4. The minimum absolute atomic E-state index is 0.228. The Morgan fingerprint density at radius 1 is 1.17 bits per heavy atom. The van der Waals surface area contributed by atoms with Crippen LogP contribution < -0.4 is 4.90 Å². The van der Waals surface area contributed by atoms with Crippen molar-refractivity contribution in [3.63, 3.8) is 0 Å². The Labute approximate surface area is 112 Å². The number of hydrogen-bond acceptors (Lipinski definition) is 1. The summed E-state index contributed by atoms with van der Waals surface area (Å²) in [5.41, 5.74) is 5.74. The lowest BCUT2D eigenvalue weighted by atomic mass is 9.84. The molecule has 98 valence electrons. The van der Waals surface area contributed by atoms with Crippen molar-refractivity contribution in [2.45, 2.75) is 58.9 Å². The first-order chi connectivity index (χ1) is 8.30. The molecule has 0 unspecified atom stereocenters. The van der Waals surface area contributed by atoms with Crippen molar-refractivity contribution in [1.29, 1.82) is 0 Å². The van der Waals surface area contributed by atoms with Crippen molar-refractivity contribution >= 4 is 5.69 Å². The van der Waals surface area contributed by atoms with E-state index in [9.17, 15) is 0 Å². The first-order valence-electron chi connectivity index (χ1n) is 6.91. The van der Waals surface area contributed by atoms with Crippen LogP contribution in [0.3, 0.4) is 0 Å². The number of anilines is 1. The predicted octanol–water partition coefficient (Wildman–Crippen LogP) is 4.66. The summed E-state index contributed by atoms with van der Waals surface area (Å²) < 4.78 is 0. The zero-order chi connectivity index (χ0) is 13.5. The van der Waals surface area contributed by atoms with Gasteiger partial charge in [-0.2, -0.15) is 0 Å². The molecule has 0 amide bonds. The van der Waals surface area contributed by atoms with Gasteiger partial charge in [0.25, 0.3) is 0 Å². The van der Waals surface area contributed by atoms with Crippen LogP contribution in [0.2, 0.25) is 0 Å². The maximum atomic E-state index is 4.21. The quantitative estimate of drug-likeness (QED) is 0.693. The van der Waals surface area contributed by atoms with Crippen LogP contribution in [0.5, 0.6) is 0 Å². The van der Waals surface area contributed by atoms with E-state index in [-0.39, 0.29) is 5.41 Å². The molecule has 1 heterocycles. The fourth-order valence-corrected chi connectivity index (χ4v) is 2.70. The Bertz CT molecular complexity index is 463. The fraction of sp³-hybridized carbons (Fsp3) is 0.529. The van der Waals surface area contributed by atoms with Gasteiger partial charge < -0.3 is 4.90 Å². The van der Waals surface area contributed by atoms with Gasteiger partial charge in [-0.1, -0.05) is 39.5 Å². The summed E-state index contributed by atoms with van der Waals surface area (Å²) in [7, 11) is 0. The molecule has 1 nitrogen and oxygen atoms in total. The Kier molecular flexibility index (Phi) is 3.27. The Hall–Kier alpha value is -1.24. The average Bonchev–Trinajstić information content (AvgIpc) is 2.26. The van der Waals surface area contributed by atoms with Gasteiger partial charge in [0.2, 0.25) is 0 Å².